The van der Waals surface area contributed by atoms with E-state index in [0.717, 1.165) is 0 Å². The number of amides is 1. The van der Waals surface area contributed by atoms with Crippen LogP contribution in [-0.4, -0.2) is 53.5 Å². The van der Waals surface area contributed by atoms with E-state index in [1.165, 1.54) is 12.0 Å². The molecule has 18 heavy (non-hydrogen) atoms. The van der Waals surface area contributed by atoms with Crippen LogP contribution in [-0.2, 0) is 14.3 Å². The summed E-state index contributed by atoms with van der Waals surface area (Å²) in [6, 6.07) is 0. The lowest BCUT2D eigenvalue weighted by atomic mass is 9.98. The first-order valence-corrected chi connectivity index (χ1v) is 5.97. The van der Waals surface area contributed by atoms with Crippen LogP contribution >= 0.6 is 0 Å². The number of ether oxygens (including phenoxy) is 2. The Balaban J connectivity index is 2.93. The topological polar surface area (TPSA) is 76.1 Å². The van der Waals surface area contributed by atoms with Crippen LogP contribution in [0.1, 0.15) is 33.6 Å². The lowest BCUT2D eigenvalue weighted by Crippen LogP contribution is -2.57. The van der Waals surface area contributed by atoms with Gasteiger partial charge in [-0.3, -0.25) is 4.90 Å². The highest BCUT2D eigenvalue weighted by molar-refractivity contribution is 5.86. The molecule has 1 amide bonds. The Hall–Kier alpha value is -1.30. The van der Waals surface area contributed by atoms with Gasteiger partial charge in [0.2, 0.25) is 0 Å². The summed E-state index contributed by atoms with van der Waals surface area (Å²) < 4.78 is 9.93. The Kier molecular flexibility index (Phi) is 4.21. The van der Waals surface area contributed by atoms with Gasteiger partial charge in [0.05, 0.1) is 13.7 Å². The van der Waals surface area contributed by atoms with Gasteiger partial charge in [-0.2, -0.15) is 0 Å². The number of rotatable bonds is 2. The van der Waals surface area contributed by atoms with Crippen LogP contribution in [0.4, 0.5) is 4.79 Å². The molecule has 0 spiro atoms. The van der Waals surface area contributed by atoms with E-state index in [-0.39, 0.29) is 0 Å². The summed E-state index contributed by atoms with van der Waals surface area (Å²) in [7, 11) is 1.24. The van der Waals surface area contributed by atoms with Gasteiger partial charge < -0.3 is 14.6 Å². The molecule has 0 unspecified atom stereocenters. The molecule has 0 aromatic heterocycles. The summed E-state index contributed by atoms with van der Waals surface area (Å²) >= 11 is 0. The Morgan fingerprint density at radius 1 is 1.39 bits per heavy atom. The van der Waals surface area contributed by atoms with Gasteiger partial charge in [0.15, 0.2) is 5.54 Å². The molecule has 1 saturated heterocycles. The van der Waals surface area contributed by atoms with Gasteiger partial charge in [-0.25, -0.2) is 9.59 Å². The van der Waals surface area contributed by atoms with Crippen LogP contribution in [0.5, 0.6) is 0 Å². The molecule has 1 heterocycles. The van der Waals surface area contributed by atoms with Crippen LogP contribution in [0.3, 0.4) is 0 Å². The zero-order valence-corrected chi connectivity index (χ0v) is 11.4. The quantitative estimate of drug-likeness (QED) is 0.746. The number of aliphatic hydroxyl groups excluding tert-OH is 1. The molecule has 1 rings (SSSR count). The summed E-state index contributed by atoms with van der Waals surface area (Å²) in [6.07, 6.45) is 0.420. The van der Waals surface area contributed by atoms with Crippen molar-refractivity contribution >= 4 is 12.1 Å². The number of nitrogens with zero attached hydrogens (tertiary/aromatic N) is 1. The molecule has 1 aliphatic rings. The summed E-state index contributed by atoms with van der Waals surface area (Å²) in [5.74, 6) is -0.603. The molecule has 0 aliphatic carbocycles. The maximum absolute atomic E-state index is 12.0. The first-order chi connectivity index (χ1) is 8.27. The minimum absolute atomic E-state index is 0.380. The van der Waals surface area contributed by atoms with Gasteiger partial charge in [-0.1, -0.05) is 0 Å². The molecule has 0 saturated carbocycles. The van der Waals surface area contributed by atoms with E-state index < -0.39 is 29.8 Å². The predicted molar refractivity (Wildman–Crippen MR) is 64.0 cm³/mol. The lowest BCUT2D eigenvalue weighted by molar-refractivity contribution is -0.155. The predicted octanol–water partition coefficient (Wildman–Crippen LogP) is 0.921. The molecule has 0 aromatic rings. The van der Waals surface area contributed by atoms with Gasteiger partial charge >= 0.3 is 12.1 Å². The highest BCUT2D eigenvalue weighted by Gasteiger charge is 2.51. The minimum atomic E-state index is -1.29. The summed E-state index contributed by atoms with van der Waals surface area (Å²) in [5, 5.41) is 9.49. The van der Waals surface area contributed by atoms with Crippen molar-refractivity contribution in [2.45, 2.75) is 44.8 Å². The first-order valence-electron chi connectivity index (χ1n) is 5.97. The second-order valence-electron chi connectivity index (χ2n) is 5.42. The van der Waals surface area contributed by atoms with Crippen molar-refractivity contribution in [1.82, 2.24) is 4.90 Å². The van der Waals surface area contributed by atoms with Crippen molar-refractivity contribution in [3.05, 3.63) is 0 Å². The maximum Gasteiger partial charge on any atom is 0.411 e. The van der Waals surface area contributed by atoms with Gasteiger partial charge in [0, 0.05) is 6.54 Å². The summed E-state index contributed by atoms with van der Waals surface area (Å²) in [5.41, 5.74) is -1.94. The molecule has 0 aromatic carbocycles. The third-order valence-electron chi connectivity index (χ3n) is 2.93. The van der Waals surface area contributed by atoms with Gasteiger partial charge in [-0.05, 0) is 33.6 Å². The molecule has 1 fully saturated rings. The molecule has 1 atom stereocenters. The SMILES string of the molecule is COC(=O)[C@@]1(CO)CCCN1C(=O)OC(C)(C)C. The zero-order chi connectivity index (χ0) is 14.0. The maximum atomic E-state index is 12.0. The number of carbonyl (C=O) groups excluding carboxylic acids is 2. The number of likely N-dealkylation sites (tertiary alicyclic amines) is 1. The average molecular weight is 259 g/mol. The number of esters is 1. The van der Waals surface area contributed by atoms with E-state index in [9.17, 15) is 14.7 Å². The molecule has 104 valence electrons. The Morgan fingerprint density at radius 2 is 2.00 bits per heavy atom. The van der Waals surface area contributed by atoms with E-state index in [2.05, 4.69) is 0 Å². The lowest BCUT2D eigenvalue weighted by Gasteiger charge is -2.35. The molecule has 1 N–H and O–H groups in total. The Morgan fingerprint density at radius 3 is 2.44 bits per heavy atom. The van der Waals surface area contributed by atoms with E-state index in [0.29, 0.717) is 19.4 Å². The molecule has 6 heteroatoms. The largest absolute Gasteiger partial charge is 0.467 e. The van der Waals surface area contributed by atoms with E-state index in [1.54, 1.807) is 20.8 Å². The van der Waals surface area contributed by atoms with Gasteiger partial charge in [0.25, 0.3) is 0 Å². The third kappa shape index (κ3) is 2.75. The van der Waals surface area contributed by atoms with Crippen molar-refractivity contribution in [3.8, 4) is 0 Å². The number of carbonyl (C=O) groups is 2. The van der Waals surface area contributed by atoms with Crippen LogP contribution in [0.15, 0.2) is 0 Å². The highest BCUT2D eigenvalue weighted by Crippen LogP contribution is 2.31. The second kappa shape index (κ2) is 5.14. The summed E-state index contributed by atoms with van der Waals surface area (Å²) in [4.78, 5) is 25.1. The standard InChI is InChI=1S/C12H21NO5/c1-11(2,3)18-10(16)13-7-5-6-12(13,8-14)9(15)17-4/h14H,5-8H2,1-4H3/t12-/m0/s1. The monoisotopic (exact) mass is 259 g/mol. The van der Waals surface area contributed by atoms with Crippen molar-refractivity contribution in [1.29, 1.82) is 0 Å². The Labute approximate surface area is 107 Å². The number of hydrogen-bond donors (Lipinski definition) is 1. The number of methoxy groups -OCH3 is 1. The first kappa shape index (κ1) is 14.8. The molecular weight excluding hydrogens is 238 g/mol. The van der Waals surface area contributed by atoms with Crippen LogP contribution in [0, 0.1) is 0 Å². The molecular formula is C12H21NO5. The fourth-order valence-corrected chi connectivity index (χ4v) is 2.09. The minimum Gasteiger partial charge on any atom is -0.467 e. The highest BCUT2D eigenvalue weighted by atomic mass is 16.6. The van der Waals surface area contributed by atoms with Gasteiger partial charge in [0.1, 0.15) is 5.60 Å². The van der Waals surface area contributed by atoms with Gasteiger partial charge in [-0.15, -0.1) is 0 Å². The fourth-order valence-electron chi connectivity index (χ4n) is 2.09. The van der Waals surface area contributed by atoms with E-state index >= 15 is 0 Å². The molecule has 0 radical (unpaired) electrons. The zero-order valence-electron chi connectivity index (χ0n) is 11.4. The number of hydrogen-bond acceptors (Lipinski definition) is 5. The summed E-state index contributed by atoms with van der Waals surface area (Å²) in [6.45, 7) is 5.17. The molecule has 0 bridgehead atoms. The smallest absolute Gasteiger partial charge is 0.411 e. The molecule has 1 aliphatic heterocycles. The normalized spacial score (nSPS) is 23.9. The second-order valence-corrected chi connectivity index (χ2v) is 5.42. The van der Waals surface area contributed by atoms with Crippen molar-refractivity contribution in [3.63, 3.8) is 0 Å². The fraction of sp³-hybridized carbons (Fsp3) is 0.833. The third-order valence-corrected chi connectivity index (χ3v) is 2.93. The van der Waals surface area contributed by atoms with Crippen molar-refractivity contribution in [2.24, 2.45) is 0 Å². The van der Waals surface area contributed by atoms with Crippen molar-refractivity contribution in [2.75, 3.05) is 20.3 Å². The van der Waals surface area contributed by atoms with E-state index in [1.807, 2.05) is 0 Å². The Bertz CT molecular complexity index is 336. The molecule has 6 nitrogen and oxygen atoms in total. The van der Waals surface area contributed by atoms with E-state index in [4.69, 9.17) is 9.47 Å². The van der Waals surface area contributed by atoms with Crippen LogP contribution in [0.2, 0.25) is 0 Å². The number of aliphatic hydroxyl groups is 1. The van der Waals surface area contributed by atoms with Crippen LogP contribution < -0.4 is 0 Å². The average Bonchev–Trinajstić information content (AvgIpc) is 2.70. The van der Waals surface area contributed by atoms with Crippen LogP contribution in [0.25, 0.3) is 0 Å². The van der Waals surface area contributed by atoms with Crippen molar-refractivity contribution < 1.29 is 24.2 Å².